The Balaban J connectivity index is 1.86. The fraction of sp³-hybridized carbons (Fsp3) is 0.0833. The predicted molar refractivity (Wildman–Crippen MR) is 125 cm³/mol. The monoisotopic (exact) mass is 501 g/mol. The fourth-order valence-electron chi connectivity index (χ4n) is 3.59. The SMILES string of the molecule is CS(=O)(=O)c1ccc(N(N)C(=O)c2cc3ccccc3n(-c3cccc(C(F)(F)F)c3)c2=O)cc1. The summed E-state index contributed by atoms with van der Waals surface area (Å²) in [5.41, 5.74) is -1.85. The summed E-state index contributed by atoms with van der Waals surface area (Å²) < 4.78 is 64.3. The zero-order valence-electron chi connectivity index (χ0n) is 18.2. The molecule has 1 aromatic heterocycles. The van der Waals surface area contributed by atoms with Gasteiger partial charge in [0, 0.05) is 11.9 Å². The molecule has 0 saturated carbocycles. The van der Waals surface area contributed by atoms with Crippen LogP contribution in [-0.4, -0.2) is 25.1 Å². The smallest absolute Gasteiger partial charge is 0.276 e. The Morgan fingerprint density at radius 3 is 2.23 bits per heavy atom. The van der Waals surface area contributed by atoms with E-state index in [-0.39, 0.29) is 21.8 Å². The molecule has 0 unspecified atom stereocenters. The minimum Gasteiger partial charge on any atom is -0.276 e. The number of rotatable bonds is 4. The van der Waals surface area contributed by atoms with Crippen LogP contribution in [0.1, 0.15) is 15.9 Å². The molecule has 0 radical (unpaired) electrons. The lowest BCUT2D eigenvalue weighted by atomic mass is 10.1. The number of pyridine rings is 1. The van der Waals surface area contributed by atoms with Crippen LogP contribution in [0, 0.1) is 0 Å². The number of hydrogen-bond donors (Lipinski definition) is 1. The highest BCUT2D eigenvalue weighted by molar-refractivity contribution is 7.90. The highest BCUT2D eigenvalue weighted by atomic mass is 32.2. The molecule has 11 heteroatoms. The number of hydrogen-bond acceptors (Lipinski definition) is 5. The number of hydrazine groups is 1. The van der Waals surface area contributed by atoms with Crippen LogP contribution in [0.5, 0.6) is 0 Å². The summed E-state index contributed by atoms with van der Waals surface area (Å²) in [5.74, 6) is 5.03. The summed E-state index contributed by atoms with van der Waals surface area (Å²) >= 11 is 0. The van der Waals surface area contributed by atoms with E-state index in [0.29, 0.717) is 15.9 Å². The number of fused-ring (bicyclic) bond motifs is 1. The number of nitrogens with two attached hydrogens (primary N) is 1. The first-order valence-corrected chi connectivity index (χ1v) is 12.0. The topological polar surface area (TPSA) is 102 Å². The number of halogens is 3. The Morgan fingerprint density at radius 1 is 0.943 bits per heavy atom. The van der Waals surface area contributed by atoms with E-state index in [1.165, 1.54) is 42.5 Å². The first kappa shape index (κ1) is 24.2. The lowest BCUT2D eigenvalue weighted by molar-refractivity contribution is -0.137. The Labute approximate surface area is 197 Å². The predicted octanol–water partition coefficient (Wildman–Crippen LogP) is 3.93. The highest BCUT2D eigenvalue weighted by Gasteiger charge is 2.31. The van der Waals surface area contributed by atoms with Gasteiger partial charge in [0.05, 0.1) is 21.7 Å². The number of carbonyl (C=O) groups excluding carboxylic acids is 1. The average molecular weight is 501 g/mol. The molecule has 0 aliphatic rings. The van der Waals surface area contributed by atoms with E-state index in [4.69, 9.17) is 5.84 Å². The summed E-state index contributed by atoms with van der Waals surface area (Å²) in [7, 11) is -3.48. The van der Waals surface area contributed by atoms with Crippen LogP contribution in [0.15, 0.2) is 88.6 Å². The minimum absolute atomic E-state index is 0.0136. The summed E-state index contributed by atoms with van der Waals surface area (Å²) in [5, 5.41) is 1.10. The zero-order valence-corrected chi connectivity index (χ0v) is 19.0. The molecule has 0 aliphatic heterocycles. The Kier molecular flexibility index (Phi) is 5.99. The fourth-order valence-corrected chi connectivity index (χ4v) is 4.22. The molecule has 1 amide bonds. The summed E-state index contributed by atoms with van der Waals surface area (Å²) in [6.45, 7) is 0. The largest absolute Gasteiger partial charge is 0.416 e. The molecule has 2 N–H and O–H groups in total. The first-order valence-electron chi connectivity index (χ1n) is 10.1. The molecular formula is C24H18F3N3O4S. The van der Waals surface area contributed by atoms with E-state index in [1.807, 2.05) is 0 Å². The molecule has 1 heterocycles. The van der Waals surface area contributed by atoms with Gasteiger partial charge in [-0.25, -0.2) is 19.3 Å². The third-order valence-electron chi connectivity index (χ3n) is 5.33. The molecule has 0 aliphatic carbocycles. The van der Waals surface area contributed by atoms with Crippen molar-refractivity contribution in [2.75, 3.05) is 11.3 Å². The van der Waals surface area contributed by atoms with Gasteiger partial charge >= 0.3 is 6.18 Å². The second-order valence-electron chi connectivity index (χ2n) is 7.75. The lowest BCUT2D eigenvalue weighted by Gasteiger charge is -2.19. The number of para-hydroxylation sites is 1. The maximum Gasteiger partial charge on any atom is 0.416 e. The zero-order chi connectivity index (χ0) is 25.5. The van der Waals surface area contributed by atoms with E-state index in [9.17, 15) is 31.2 Å². The van der Waals surface area contributed by atoms with Crippen LogP contribution < -0.4 is 16.4 Å². The van der Waals surface area contributed by atoms with Crippen LogP contribution in [0.4, 0.5) is 18.9 Å². The van der Waals surface area contributed by atoms with Crippen LogP contribution in [-0.2, 0) is 16.0 Å². The first-order chi connectivity index (χ1) is 16.4. The van der Waals surface area contributed by atoms with Crippen molar-refractivity contribution in [2.45, 2.75) is 11.1 Å². The third kappa shape index (κ3) is 4.68. The molecular weight excluding hydrogens is 483 g/mol. The maximum atomic E-state index is 13.4. The van der Waals surface area contributed by atoms with Crippen molar-refractivity contribution in [3.63, 3.8) is 0 Å². The Hall–Kier alpha value is -3.96. The molecule has 4 aromatic rings. The van der Waals surface area contributed by atoms with E-state index in [1.54, 1.807) is 24.3 Å². The van der Waals surface area contributed by atoms with Crippen molar-refractivity contribution in [1.82, 2.24) is 4.57 Å². The van der Waals surface area contributed by atoms with Gasteiger partial charge in [-0.2, -0.15) is 13.2 Å². The molecule has 7 nitrogen and oxygen atoms in total. The average Bonchev–Trinajstić information content (AvgIpc) is 2.82. The van der Waals surface area contributed by atoms with Gasteiger partial charge in [0.2, 0.25) is 0 Å². The molecule has 0 atom stereocenters. The summed E-state index contributed by atoms with van der Waals surface area (Å²) in [6, 6.07) is 17.1. The van der Waals surface area contributed by atoms with E-state index >= 15 is 0 Å². The Bertz CT molecular complexity index is 1610. The van der Waals surface area contributed by atoms with Gasteiger partial charge in [-0.1, -0.05) is 24.3 Å². The second-order valence-corrected chi connectivity index (χ2v) is 9.76. The van der Waals surface area contributed by atoms with Crippen LogP contribution in [0.25, 0.3) is 16.6 Å². The standard InChI is InChI=1S/C24H18F3N3O4S/c1-35(33,34)19-11-9-17(10-12-19)30(28)23(32)20-13-15-5-2-3-8-21(15)29(22(20)31)18-7-4-6-16(14-18)24(25,26)27/h2-14H,28H2,1H3. The van der Waals surface area contributed by atoms with Gasteiger partial charge in [-0.3, -0.25) is 14.2 Å². The second kappa shape index (κ2) is 8.67. The number of alkyl halides is 3. The molecule has 3 aromatic carbocycles. The van der Waals surface area contributed by atoms with Gasteiger partial charge < -0.3 is 0 Å². The number of benzene rings is 3. The summed E-state index contributed by atoms with van der Waals surface area (Å²) in [6.07, 6.45) is -3.60. The Morgan fingerprint density at radius 2 is 1.60 bits per heavy atom. The molecule has 4 rings (SSSR count). The molecule has 180 valence electrons. The molecule has 0 saturated heterocycles. The van der Waals surface area contributed by atoms with Gasteiger partial charge in [0.1, 0.15) is 5.56 Å². The van der Waals surface area contributed by atoms with Crippen molar-refractivity contribution in [2.24, 2.45) is 5.84 Å². The van der Waals surface area contributed by atoms with Crippen molar-refractivity contribution < 1.29 is 26.4 Å². The van der Waals surface area contributed by atoms with Crippen LogP contribution >= 0.6 is 0 Å². The molecule has 0 bridgehead atoms. The molecule has 0 fully saturated rings. The summed E-state index contributed by atoms with van der Waals surface area (Å²) in [4.78, 5) is 26.6. The van der Waals surface area contributed by atoms with Crippen molar-refractivity contribution >= 4 is 32.3 Å². The van der Waals surface area contributed by atoms with Gasteiger partial charge in [0.15, 0.2) is 9.84 Å². The molecule has 0 spiro atoms. The van der Waals surface area contributed by atoms with Crippen LogP contribution in [0.3, 0.4) is 0 Å². The van der Waals surface area contributed by atoms with Crippen LogP contribution in [0.2, 0.25) is 0 Å². The number of sulfone groups is 1. The van der Waals surface area contributed by atoms with E-state index in [2.05, 4.69) is 0 Å². The van der Waals surface area contributed by atoms with Crippen molar-refractivity contribution in [3.8, 4) is 5.69 Å². The van der Waals surface area contributed by atoms with Gasteiger partial charge in [-0.15, -0.1) is 0 Å². The number of carbonyl (C=O) groups is 1. The van der Waals surface area contributed by atoms with E-state index < -0.39 is 33.0 Å². The third-order valence-corrected chi connectivity index (χ3v) is 6.46. The van der Waals surface area contributed by atoms with E-state index in [0.717, 1.165) is 23.0 Å². The van der Waals surface area contributed by atoms with Crippen molar-refractivity contribution in [1.29, 1.82) is 0 Å². The number of aromatic nitrogens is 1. The molecule has 35 heavy (non-hydrogen) atoms. The van der Waals surface area contributed by atoms with Gasteiger partial charge in [0.25, 0.3) is 11.5 Å². The quantitative estimate of drug-likeness (QED) is 0.259. The highest BCUT2D eigenvalue weighted by Crippen LogP contribution is 2.31. The number of nitrogens with zero attached hydrogens (tertiary/aromatic N) is 2. The lowest BCUT2D eigenvalue weighted by Crippen LogP contribution is -2.41. The van der Waals surface area contributed by atoms with Gasteiger partial charge in [-0.05, 0) is 60.0 Å². The number of anilines is 1. The number of amides is 1. The van der Waals surface area contributed by atoms with Crippen molar-refractivity contribution in [3.05, 3.63) is 100 Å². The maximum absolute atomic E-state index is 13.4. The minimum atomic E-state index is -4.63. The normalized spacial score (nSPS) is 12.0.